The molecule has 0 bridgehead atoms. The van der Waals surface area contributed by atoms with E-state index >= 15 is 0 Å². The van der Waals surface area contributed by atoms with Crippen LogP contribution in [0.25, 0.3) is 21.9 Å². The topological polar surface area (TPSA) is 75.9 Å². The molecule has 170 valence electrons. The fraction of sp³-hybridized carbons (Fsp3) is 0.333. The van der Waals surface area contributed by atoms with Gasteiger partial charge in [-0.25, -0.2) is 14.4 Å². The highest BCUT2D eigenvalue weighted by Gasteiger charge is 2.24. The minimum atomic E-state index is -0.306. The van der Waals surface area contributed by atoms with Crippen LogP contribution in [-0.2, 0) is 7.05 Å². The summed E-state index contributed by atoms with van der Waals surface area (Å²) in [6.07, 6.45) is 7.45. The van der Waals surface area contributed by atoms with Crippen LogP contribution in [0.2, 0.25) is 0 Å². The number of carbonyl (C=O) groups is 1. The number of benzene rings is 1. The zero-order chi connectivity index (χ0) is 22.8. The highest BCUT2D eigenvalue weighted by Crippen LogP contribution is 2.30. The van der Waals surface area contributed by atoms with E-state index in [-0.39, 0.29) is 12.6 Å². The number of aryl methyl sites for hydroxylation is 1. The second kappa shape index (κ2) is 9.36. The van der Waals surface area contributed by atoms with Gasteiger partial charge in [0.1, 0.15) is 18.2 Å². The van der Waals surface area contributed by atoms with E-state index < -0.39 is 0 Å². The molecule has 0 radical (unpaired) electrons. The van der Waals surface area contributed by atoms with Crippen molar-refractivity contribution in [2.24, 2.45) is 7.05 Å². The van der Waals surface area contributed by atoms with Crippen molar-refractivity contribution in [3.8, 4) is 11.1 Å². The van der Waals surface area contributed by atoms with Gasteiger partial charge < -0.3 is 10.2 Å². The van der Waals surface area contributed by atoms with E-state index in [9.17, 15) is 9.18 Å². The van der Waals surface area contributed by atoms with Crippen LogP contribution in [0.5, 0.6) is 0 Å². The van der Waals surface area contributed by atoms with Crippen molar-refractivity contribution in [3.63, 3.8) is 0 Å². The lowest BCUT2D eigenvalue weighted by molar-refractivity contribution is 0.102. The average Bonchev–Trinajstić information content (AvgIpc) is 3.49. The van der Waals surface area contributed by atoms with Gasteiger partial charge in [-0.2, -0.15) is 5.10 Å². The van der Waals surface area contributed by atoms with Gasteiger partial charge in [0.05, 0.1) is 11.2 Å². The first-order valence-corrected chi connectivity index (χ1v) is 11.9. The molecule has 1 aromatic carbocycles. The van der Waals surface area contributed by atoms with E-state index in [1.54, 1.807) is 16.3 Å². The molecule has 0 saturated carbocycles. The third-order valence-corrected chi connectivity index (χ3v) is 7.10. The number of rotatable bonds is 6. The Kier molecular flexibility index (Phi) is 6.15. The summed E-state index contributed by atoms with van der Waals surface area (Å²) in [6, 6.07) is 8.00. The van der Waals surface area contributed by atoms with Gasteiger partial charge in [0.25, 0.3) is 5.91 Å². The Morgan fingerprint density at radius 2 is 2.03 bits per heavy atom. The van der Waals surface area contributed by atoms with Crippen molar-refractivity contribution in [1.29, 1.82) is 0 Å². The lowest BCUT2D eigenvalue weighted by Gasteiger charge is -2.30. The van der Waals surface area contributed by atoms with Crippen LogP contribution in [0.4, 0.5) is 10.2 Å². The Hall–Kier alpha value is -3.17. The van der Waals surface area contributed by atoms with Gasteiger partial charge in [-0.1, -0.05) is 12.1 Å². The minimum Gasteiger partial charge on any atom is -0.305 e. The number of aromatic nitrogens is 4. The summed E-state index contributed by atoms with van der Waals surface area (Å²) in [4.78, 5) is 23.9. The van der Waals surface area contributed by atoms with E-state index in [0.29, 0.717) is 24.0 Å². The number of carbonyl (C=O) groups excluding carboxylic acids is 1. The second-order valence-corrected chi connectivity index (χ2v) is 9.25. The molecule has 7 nitrogen and oxygen atoms in total. The van der Waals surface area contributed by atoms with E-state index in [0.717, 1.165) is 52.8 Å². The average molecular weight is 465 g/mol. The lowest BCUT2D eigenvalue weighted by atomic mass is 9.97. The van der Waals surface area contributed by atoms with E-state index in [2.05, 4.69) is 31.3 Å². The number of hydrogen-bond donors (Lipinski definition) is 1. The van der Waals surface area contributed by atoms with E-state index in [4.69, 9.17) is 0 Å². The number of nitrogens with zero attached hydrogens (tertiary/aromatic N) is 5. The maximum Gasteiger partial charge on any atom is 0.276 e. The van der Waals surface area contributed by atoms with Crippen LogP contribution in [0.15, 0.2) is 48.2 Å². The number of thiazole rings is 1. The van der Waals surface area contributed by atoms with Crippen LogP contribution in [0, 0.1) is 0 Å². The van der Waals surface area contributed by atoms with Crippen molar-refractivity contribution < 1.29 is 9.18 Å². The summed E-state index contributed by atoms with van der Waals surface area (Å²) in [5.41, 5.74) is 2.50. The lowest BCUT2D eigenvalue weighted by Crippen LogP contribution is -2.34. The molecule has 4 aromatic rings. The number of amides is 1. The van der Waals surface area contributed by atoms with Gasteiger partial charge in [0, 0.05) is 48.2 Å². The molecule has 1 aliphatic heterocycles. The first kappa shape index (κ1) is 21.7. The van der Waals surface area contributed by atoms with Gasteiger partial charge in [-0.05, 0) is 49.0 Å². The van der Waals surface area contributed by atoms with Crippen LogP contribution in [0.3, 0.4) is 0 Å². The molecule has 1 aliphatic rings. The fourth-order valence-electron chi connectivity index (χ4n) is 4.24. The quantitative estimate of drug-likeness (QED) is 0.455. The molecule has 0 unspecified atom stereocenters. The summed E-state index contributed by atoms with van der Waals surface area (Å²) in [5, 5.41) is 11.9. The van der Waals surface area contributed by atoms with Gasteiger partial charge in [-0.3, -0.25) is 9.48 Å². The fourth-order valence-corrected chi connectivity index (χ4v) is 5.21. The Morgan fingerprint density at radius 3 is 2.79 bits per heavy atom. The van der Waals surface area contributed by atoms with Crippen LogP contribution < -0.4 is 5.32 Å². The predicted octanol–water partition coefficient (Wildman–Crippen LogP) is 4.49. The number of nitrogens with one attached hydrogen (secondary N) is 1. The summed E-state index contributed by atoms with van der Waals surface area (Å²) >= 11 is 1.52. The second-order valence-electron chi connectivity index (χ2n) is 8.36. The Balaban J connectivity index is 1.28. The highest BCUT2D eigenvalue weighted by atomic mass is 32.1. The van der Waals surface area contributed by atoms with Crippen molar-refractivity contribution >= 4 is 33.8 Å². The van der Waals surface area contributed by atoms with Crippen LogP contribution >= 0.6 is 11.3 Å². The Bertz CT molecular complexity index is 1280. The first-order valence-electron chi connectivity index (χ1n) is 11.0. The zero-order valence-electron chi connectivity index (χ0n) is 18.4. The number of fused-ring (bicyclic) bond motifs is 1. The molecule has 1 fully saturated rings. The molecule has 33 heavy (non-hydrogen) atoms. The normalized spacial score (nSPS) is 15.2. The van der Waals surface area contributed by atoms with Crippen molar-refractivity contribution in [3.05, 3.63) is 58.9 Å². The first-order chi connectivity index (χ1) is 16.1. The maximum atomic E-state index is 12.8. The van der Waals surface area contributed by atoms with Gasteiger partial charge in [0.2, 0.25) is 0 Å². The number of alkyl halides is 1. The molecule has 5 rings (SSSR count). The zero-order valence-corrected chi connectivity index (χ0v) is 19.2. The van der Waals surface area contributed by atoms with Crippen molar-refractivity contribution in [2.75, 3.05) is 31.6 Å². The minimum absolute atomic E-state index is 0.261. The number of pyridine rings is 1. The smallest absolute Gasteiger partial charge is 0.276 e. The summed E-state index contributed by atoms with van der Waals surface area (Å²) in [5.74, 6) is 0.560. The standard InChI is InChI=1S/C24H25FN6OS/c1-30-14-20(13-27-30)17-2-3-18-12-26-22(11-19(18)10-17)29-23(32)21-15-33-24(28-21)16-4-7-31(8-5-16)9-6-25/h2-3,10-16H,4-9H2,1H3,(H,26,29,32). The molecule has 0 atom stereocenters. The predicted molar refractivity (Wildman–Crippen MR) is 128 cm³/mol. The molecule has 1 N–H and O–H groups in total. The molecule has 1 amide bonds. The van der Waals surface area contributed by atoms with Gasteiger partial charge in [-0.15, -0.1) is 11.3 Å². The Morgan fingerprint density at radius 1 is 1.18 bits per heavy atom. The number of piperidine rings is 1. The van der Waals surface area contributed by atoms with Crippen LogP contribution in [-0.4, -0.2) is 56.9 Å². The molecular formula is C24H25FN6OS. The van der Waals surface area contributed by atoms with Gasteiger partial charge in [0.15, 0.2) is 0 Å². The largest absolute Gasteiger partial charge is 0.305 e. The molecule has 3 aromatic heterocycles. The number of hydrogen-bond acceptors (Lipinski definition) is 6. The van der Waals surface area contributed by atoms with Crippen molar-refractivity contribution in [2.45, 2.75) is 18.8 Å². The number of anilines is 1. The van der Waals surface area contributed by atoms with E-state index in [1.165, 1.54) is 11.3 Å². The monoisotopic (exact) mass is 464 g/mol. The maximum absolute atomic E-state index is 12.8. The van der Waals surface area contributed by atoms with E-state index in [1.807, 2.05) is 37.6 Å². The molecule has 4 heterocycles. The molecule has 1 saturated heterocycles. The summed E-state index contributed by atoms with van der Waals surface area (Å²) in [6.45, 7) is 1.94. The highest BCUT2D eigenvalue weighted by molar-refractivity contribution is 7.10. The number of halogens is 1. The van der Waals surface area contributed by atoms with Crippen molar-refractivity contribution in [1.82, 2.24) is 24.6 Å². The third kappa shape index (κ3) is 4.79. The molecule has 0 aliphatic carbocycles. The summed E-state index contributed by atoms with van der Waals surface area (Å²) in [7, 11) is 1.89. The summed E-state index contributed by atoms with van der Waals surface area (Å²) < 4.78 is 14.3. The SMILES string of the molecule is Cn1cc(-c2ccc3cnc(NC(=O)c4csc(C5CCN(CCF)CC5)n4)cc3c2)cn1. The molecule has 0 spiro atoms. The third-order valence-electron chi connectivity index (χ3n) is 6.09. The molecule has 9 heteroatoms. The van der Waals surface area contributed by atoms with Gasteiger partial charge >= 0.3 is 0 Å². The number of likely N-dealkylation sites (tertiary alicyclic amines) is 1. The van der Waals surface area contributed by atoms with Crippen LogP contribution in [0.1, 0.15) is 34.3 Å². The molecular weight excluding hydrogens is 439 g/mol. The Labute approximate surface area is 195 Å².